The number of rotatable bonds is 4. The molecule has 26 heavy (non-hydrogen) atoms. The van der Waals surface area contributed by atoms with Crippen molar-refractivity contribution in [1.29, 1.82) is 0 Å². The summed E-state index contributed by atoms with van der Waals surface area (Å²) in [4.78, 5) is 4.67. The molecule has 2 aromatic carbocycles. The molecule has 0 saturated carbocycles. The van der Waals surface area contributed by atoms with Crippen molar-refractivity contribution in [3.63, 3.8) is 0 Å². The zero-order valence-electron chi connectivity index (χ0n) is 13.8. The maximum absolute atomic E-state index is 13.3. The molecule has 1 saturated heterocycles. The molecule has 1 aromatic heterocycles. The van der Waals surface area contributed by atoms with E-state index >= 15 is 0 Å². The summed E-state index contributed by atoms with van der Waals surface area (Å²) in [7, 11) is -3.46. The van der Waals surface area contributed by atoms with Crippen LogP contribution in [-0.2, 0) is 10.0 Å². The first kappa shape index (κ1) is 17.4. The fourth-order valence-electron chi connectivity index (χ4n) is 3.00. The lowest BCUT2D eigenvalue weighted by atomic mass is 10.1. The van der Waals surface area contributed by atoms with Crippen LogP contribution in [0, 0.1) is 5.82 Å². The van der Waals surface area contributed by atoms with Gasteiger partial charge >= 0.3 is 0 Å². The number of halogens is 1. The molecule has 0 radical (unpaired) electrons. The highest BCUT2D eigenvalue weighted by molar-refractivity contribution is 7.89. The molecule has 0 unspecified atom stereocenters. The predicted molar refractivity (Wildman–Crippen MR) is 98.4 cm³/mol. The summed E-state index contributed by atoms with van der Waals surface area (Å²) in [5, 5.41) is 0.495. The molecular weight excluding hydrogens is 375 g/mol. The smallest absolute Gasteiger partial charge is 0.274 e. The fourth-order valence-corrected chi connectivity index (χ4v) is 5.40. The monoisotopic (exact) mass is 392 g/mol. The number of piperidine rings is 1. The zero-order valence-corrected chi connectivity index (χ0v) is 15.5. The second-order valence-electron chi connectivity index (χ2n) is 6.13. The molecule has 1 aliphatic rings. The largest absolute Gasteiger partial charge is 0.467 e. The van der Waals surface area contributed by atoms with E-state index in [1.54, 1.807) is 36.4 Å². The van der Waals surface area contributed by atoms with Crippen molar-refractivity contribution in [2.45, 2.75) is 23.8 Å². The molecule has 1 fully saturated rings. The van der Waals surface area contributed by atoms with Gasteiger partial charge in [-0.1, -0.05) is 29.5 Å². The fraction of sp³-hybridized carbons (Fsp3) is 0.278. The Balaban J connectivity index is 1.41. The summed E-state index contributed by atoms with van der Waals surface area (Å²) in [6, 6.07) is 12.9. The zero-order chi connectivity index (χ0) is 18.1. The Morgan fingerprint density at radius 1 is 1.12 bits per heavy atom. The molecule has 0 bridgehead atoms. The molecule has 0 aliphatic carbocycles. The number of nitrogens with zero attached hydrogens (tertiary/aromatic N) is 2. The molecule has 0 spiro atoms. The quantitative estimate of drug-likeness (QED) is 0.680. The van der Waals surface area contributed by atoms with E-state index in [0.29, 0.717) is 41.5 Å². The minimum Gasteiger partial charge on any atom is -0.467 e. The van der Waals surface area contributed by atoms with E-state index in [9.17, 15) is 12.8 Å². The average Bonchev–Trinajstić information content (AvgIpc) is 3.04. The first-order chi connectivity index (χ1) is 12.5. The average molecular weight is 392 g/mol. The van der Waals surface area contributed by atoms with Gasteiger partial charge < -0.3 is 4.74 Å². The van der Waals surface area contributed by atoms with E-state index < -0.39 is 10.0 Å². The van der Waals surface area contributed by atoms with E-state index in [1.165, 1.54) is 27.8 Å². The van der Waals surface area contributed by atoms with Gasteiger partial charge in [-0.15, -0.1) is 0 Å². The number of hydrogen-bond acceptors (Lipinski definition) is 5. The molecule has 4 rings (SSSR count). The number of benzene rings is 2. The lowest BCUT2D eigenvalue weighted by Gasteiger charge is -2.30. The minimum absolute atomic E-state index is 0.0948. The summed E-state index contributed by atoms with van der Waals surface area (Å²) >= 11 is 1.30. The molecule has 0 N–H and O–H groups in total. The van der Waals surface area contributed by atoms with Crippen LogP contribution in [0.5, 0.6) is 5.19 Å². The van der Waals surface area contributed by atoms with E-state index in [-0.39, 0.29) is 11.9 Å². The molecule has 136 valence electrons. The highest BCUT2D eigenvalue weighted by atomic mass is 32.2. The van der Waals surface area contributed by atoms with Crippen molar-refractivity contribution in [3.05, 3.63) is 54.3 Å². The highest BCUT2D eigenvalue weighted by Gasteiger charge is 2.30. The summed E-state index contributed by atoms with van der Waals surface area (Å²) in [5.74, 6) is -0.299. The van der Waals surface area contributed by atoms with E-state index in [0.717, 1.165) is 4.70 Å². The van der Waals surface area contributed by atoms with Gasteiger partial charge in [-0.2, -0.15) is 4.31 Å². The van der Waals surface area contributed by atoms with Crippen LogP contribution >= 0.6 is 11.3 Å². The molecule has 2 heterocycles. The second-order valence-corrected chi connectivity index (χ2v) is 9.06. The molecule has 0 amide bonds. The van der Waals surface area contributed by atoms with E-state index in [4.69, 9.17) is 4.74 Å². The number of ether oxygens (including phenoxy) is 1. The van der Waals surface area contributed by atoms with Crippen molar-refractivity contribution in [2.24, 2.45) is 0 Å². The van der Waals surface area contributed by atoms with Crippen LogP contribution in [-0.4, -0.2) is 36.9 Å². The van der Waals surface area contributed by atoms with Gasteiger partial charge in [0.25, 0.3) is 5.19 Å². The van der Waals surface area contributed by atoms with Crippen molar-refractivity contribution in [3.8, 4) is 5.19 Å². The number of aromatic nitrogens is 1. The molecule has 5 nitrogen and oxygen atoms in total. The summed E-state index contributed by atoms with van der Waals surface area (Å²) in [6.07, 6.45) is 1.09. The van der Waals surface area contributed by atoms with Crippen LogP contribution in [0.3, 0.4) is 0 Å². The predicted octanol–water partition coefficient (Wildman–Crippen LogP) is 3.67. The first-order valence-electron chi connectivity index (χ1n) is 8.30. The number of sulfonamides is 1. The van der Waals surface area contributed by atoms with Crippen molar-refractivity contribution in [1.82, 2.24) is 9.29 Å². The van der Waals surface area contributed by atoms with Gasteiger partial charge in [0.05, 0.1) is 15.1 Å². The summed E-state index contributed by atoms with van der Waals surface area (Å²) in [6.45, 7) is 0.808. The Morgan fingerprint density at radius 3 is 2.58 bits per heavy atom. The molecule has 8 heteroatoms. The normalized spacial score (nSPS) is 16.8. The maximum atomic E-state index is 13.3. The Bertz CT molecular complexity index is 1010. The van der Waals surface area contributed by atoms with Gasteiger partial charge in [0.2, 0.25) is 10.0 Å². The van der Waals surface area contributed by atoms with E-state index in [1.807, 2.05) is 0 Å². The molecule has 3 aromatic rings. The van der Waals surface area contributed by atoms with Crippen molar-refractivity contribution in [2.75, 3.05) is 13.1 Å². The molecular formula is C18H17FN2O3S2. The third-order valence-electron chi connectivity index (χ3n) is 4.38. The van der Waals surface area contributed by atoms with Crippen molar-refractivity contribution < 1.29 is 17.5 Å². The van der Waals surface area contributed by atoms with Crippen LogP contribution in [0.15, 0.2) is 53.4 Å². The van der Waals surface area contributed by atoms with Gasteiger partial charge in [-0.3, -0.25) is 0 Å². The standard InChI is InChI=1S/C18H17FN2O3S2/c19-13-6-7-16-17(12-13)25-18(20-16)24-14-8-10-21(11-9-14)26(22,23)15-4-2-1-3-5-15/h1-7,12,14H,8-11H2. The summed E-state index contributed by atoms with van der Waals surface area (Å²) in [5.41, 5.74) is 0.704. The first-order valence-corrected chi connectivity index (χ1v) is 10.6. The van der Waals surface area contributed by atoms with Gasteiger partial charge in [-0.05, 0) is 43.2 Å². The van der Waals surface area contributed by atoms with Crippen molar-refractivity contribution >= 4 is 31.6 Å². The Morgan fingerprint density at radius 2 is 1.85 bits per heavy atom. The number of hydrogen-bond donors (Lipinski definition) is 0. The topological polar surface area (TPSA) is 59.5 Å². The van der Waals surface area contributed by atoms with Gasteiger partial charge in [-0.25, -0.2) is 17.8 Å². The van der Waals surface area contributed by atoms with Crippen LogP contribution in [0.1, 0.15) is 12.8 Å². The van der Waals surface area contributed by atoms with Gasteiger partial charge in [0.15, 0.2) is 0 Å². The van der Waals surface area contributed by atoms with Crippen LogP contribution in [0.2, 0.25) is 0 Å². The van der Waals surface area contributed by atoms with Crippen LogP contribution in [0.25, 0.3) is 10.2 Å². The van der Waals surface area contributed by atoms with Gasteiger partial charge in [0.1, 0.15) is 11.9 Å². The van der Waals surface area contributed by atoms with Gasteiger partial charge in [0, 0.05) is 13.1 Å². The number of fused-ring (bicyclic) bond motifs is 1. The highest BCUT2D eigenvalue weighted by Crippen LogP contribution is 2.31. The second kappa shape index (κ2) is 6.94. The lowest BCUT2D eigenvalue weighted by molar-refractivity contribution is 0.135. The van der Waals surface area contributed by atoms with Crippen LogP contribution in [0.4, 0.5) is 4.39 Å². The third-order valence-corrected chi connectivity index (χ3v) is 7.20. The Hall–Kier alpha value is -2.03. The minimum atomic E-state index is -3.46. The van der Waals surface area contributed by atoms with Crippen LogP contribution < -0.4 is 4.74 Å². The SMILES string of the molecule is O=S(=O)(c1ccccc1)N1CCC(Oc2nc3ccc(F)cc3s2)CC1. The maximum Gasteiger partial charge on any atom is 0.274 e. The Labute approximate surface area is 155 Å². The Kier molecular flexibility index (Phi) is 4.64. The van der Waals surface area contributed by atoms with E-state index in [2.05, 4.69) is 4.98 Å². The number of thiazole rings is 1. The molecule has 0 atom stereocenters. The lowest BCUT2D eigenvalue weighted by Crippen LogP contribution is -2.41. The third kappa shape index (κ3) is 3.44. The summed E-state index contributed by atoms with van der Waals surface area (Å²) < 4.78 is 46.7. The molecule has 1 aliphatic heterocycles.